The third-order valence-electron chi connectivity index (χ3n) is 1.16. The Kier molecular flexibility index (Phi) is 8.56. The van der Waals surface area contributed by atoms with Crippen LogP contribution in [0.3, 0.4) is 0 Å². The van der Waals surface area contributed by atoms with Crippen LogP contribution in [0.5, 0.6) is 0 Å². The minimum atomic E-state index is -0.915. The Bertz CT molecular complexity index is 249. The maximum atomic E-state index is 9.63. The van der Waals surface area contributed by atoms with Gasteiger partial charge >= 0.3 is 5.97 Å². The van der Waals surface area contributed by atoms with Crippen molar-refractivity contribution >= 4 is 28.6 Å². The summed E-state index contributed by atoms with van der Waals surface area (Å²) in [5.74, 6) is -0.915. The lowest BCUT2D eigenvalue weighted by molar-refractivity contribution is -0.142. The lowest BCUT2D eigenvalue weighted by atomic mass is 10.4. The summed E-state index contributed by atoms with van der Waals surface area (Å²) in [7, 11) is 0. The second-order valence-electron chi connectivity index (χ2n) is 2.33. The molecule has 1 N–H and O–H groups in total. The number of halogens is 1. The molecule has 0 saturated heterocycles. The lowest BCUT2D eigenvalue weighted by Gasteiger charge is -1.90. The second-order valence-corrected chi connectivity index (χ2v) is 3.57. The fraction of sp³-hybridized carbons (Fsp3) is 0.300. The fourth-order valence-corrected chi connectivity index (χ4v) is 1.02. The van der Waals surface area contributed by atoms with E-state index in [2.05, 4.69) is 39.5 Å². The molecule has 4 heteroatoms. The Morgan fingerprint density at radius 1 is 1.43 bits per heavy atom. The van der Waals surface area contributed by atoms with E-state index in [1.54, 1.807) is 6.92 Å². The van der Waals surface area contributed by atoms with Gasteiger partial charge in [0.25, 0.3) is 0 Å². The molecule has 14 heavy (non-hydrogen) atoms. The van der Waals surface area contributed by atoms with Crippen LogP contribution in [-0.2, 0) is 9.53 Å². The zero-order valence-electron chi connectivity index (χ0n) is 7.94. The van der Waals surface area contributed by atoms with Gasteiger partial charge in [0.05, 0.1) is 0 Å². The predicted octanol–water partition coefficient (Wildman–Crippen LogP) is 2.40. The van der Waals surface area contributed by atoms with E-state index in [4.69, 9.17) is 5.11 Å². The number of hydrogen-bond donors (Lipinski definition) is 1. The standard InChI is InChI=1S/C6H5I.C4H8O3/c7-6-4-2-1-3-5-6;1-2-7-3-4(5)6/h1-5H;2-3H2,1H3,(H,5,6). The van der Waals surface area contributed by atoms with Crippen LogP contribution in [0.25, 0.3) is 0 Å². The van der Waals surface area contributed by atoms with Crippen molar-refractivity contribution in [2.75, 3.05) is 13.2 Å². The maximum absolute atomic E-state index is 9.63. The van der Waals surface area contributed by atoms with Crippen LogP contribution in [0, 0.1) is 3.57 Å². The van der Waals surface area contributed by atoms with Gasteiger partial charge in [-0.15, -0.1) is 0 Å². The zero-order chi connectivity index (χ0) is 10.8. The summed E-state index contributed by atoms with van der Waals surface area (Å²) < 4.78 is 5.79. The van der Waals surface area contributed by atoms with Crippen molar-refractivity contribution in [2.24, 2.45) is 0 Å². The molecule has 3 nitrogen and oxygen atoms in total. The Balaban J connectivity index is 0.000000241. The summed E-state index contributed by atoms with van der Waals surface area (Å²) >= 11 is 2.28. The number of benzene rings is 1. The van der Waals surface area contributed by atoms with E-state index < -0.39 is 5.97 Å². The van der Waals surface area contributed by atoms with Crippen LogP contribution in [0.1, 0.15) is 6.92 Å². The average molecular weight is 308 g/mol. The van der Waals surface area contributed by atoms with Crippen LogP contribution in [-0.4, -0.2) is 24.3 Å². The van der Waals surface area contributed by atoms with Crippen molar-refractivity contribution in [3.8, 4) is 0 Å². The first-order valence-corrected chi connectivity index (χ1v) is 5.24. The molecule has 0 bridgehead atoms. The molecule has 0 heterocycles. The first-order chi connectivity index (χ1) is 6.66. The molecule has 78 valence electrons. The molecule has 0 radical (unpaired) electrons. The van der Waals surface area contributed by atoms with Crippen LogP contribution >= 0.6 is 22.6 Å². The molecule has 0 unspecified atom stereocenters. The molecule has 1 aromatic carbocycles. The van der Waals surface area contributed by atoms with Crippen molar-refractivity contribution in [3.63, 3.8) is 0 Å². The van der Waals surface area contributed by atoms with Gasteiger partial charge in [-0.3, -0.25) is 0 Å². The van der Waals surface area contributed by atoms with Gasteiger partial charge in [-0.25, -0.2) is 4.79 Å². The maximum Gasteiger partial charge on any atom is 0.329 e. The molecule has 0 saturated carbocycles. The summed E-state index contributed by atoms with van der Waals surface area (Å²) in [6, 6.07) is 10.2. The highest BCUT2D eigenvalue weighted by Gasteiger charge is 1.90. The summed E-state index contributed by atoms with van der Waals surface area (Å²) in [6.45, 7) is 2.03. The first kappa shape index (κ1) is 13.4. The van der Waals surface area contributed by atoms with Gasteiger partial charge in [-0.1, -0.05) is 18.2 Å². The van der Waals surface area contributed by atoms with Crippen LogP contribution in [0.4, 0.5) is 0 Å². The van der Waals surface area contributed by atoms with Gasteiger partial charge in [-0.05, 0) is 41.6 Å². The van der Waals surface area contributed by atoms with E-state index >= 15 is 0 Å². The van der Waals surface area contributed by atoms with Crippen molar-refractivity contribution < 1.29 is 14.6 Å². The summed E-state index contributed by atoms with van der Waals surface area (Å²) in [5.41, 5.74) is 0. The minimum Gasteiger partial charge on any atom is -0.480 e. The molecule has 0 atom stereocenters. The van der Waals surface area contributed by atoms with E-state index in [0.29, 0.717) is 6.61 Å². The van der Waals surface area contributed by atoms with Gasteiger partial charge in [-0.2, -0.15) is 0 Å². The fourth-order valence-electron chi connectivity index (χ4n) is 0.604. The number of carboxylic acid groups (broad SMARTS) is 1. The molecular weight excluding hydrogens is 295 g/mol. The smallest absolute Gasteiger partial charge is 0.329 e. The van der Waals surface area contributed by atoms with Crippen molar-refractivity contribution in [2.45, 2.75) is 6.92 Å². The number of hydrogen-bond acceptors (Lipinski definition) is 2. The number of rotatable bonds is 3. The molecule has 0 spiro atoms. The predicted molar refractivity (Wildman–Crippen MR) is 63.3 cm³/mol. The quantitative estimate of drug-likeness (QED) is 0.872. The number of carboxylic acids is 1. The van der Waals surface area contributed by atoms with Gasteiger partial charge in [0, 0.05) is 10.2 Å². The zero-order valence-corrected chi connectivity index (χ0v) is 10.1. The van der Waals surface area contributed by atoms with Crippen molar-refractivity contribution in [1.29, 1.82) is 0 Å². The van der Waals surface area contributed by atoms with Gasteiger partial charge in [0.2, 0.25) is 0 Å². The van der Waals surface area contributed by atoms with Crippen LogP contribution in [0.2, 0.25) is 0 Å². The monoisotopic (exact) mass is 308 g/mol. The molecule has 0 fully saturated rings. The van der Waals surface area contributed by atoms with Gasteiger partial charge in [0.1, 0.15) is 6.61 Å². The molecule has 0 amide bonds. The third kappa shape index (κ3) is 9.47. The highest BCUT2D eigenvalue weighted by molar-refractivity contribution is 14.1. The van der Waals surface area contributed by atoms with E-state index in [1.165, 1.54) is 3.57 Å². The van der Waals surface area contributed by atoms with E-state index in [-0.39, 0.29) is 6.61 Å². The normalized spacial score (nSPS) is 8.71. The Hall–Kier alpha value is -0.620. The Labute approximate surface area is 97.2 Å². The van der Waals surface area contributed by atoms with Crippen molar-refractivity contribution in [1.82, 2.24) is 0 Å². The molecular formula is C10H13IO3. The van der Waals surface area contributed by atoms with E-state index in [1.807, 2.05) is 18.2 Å². The lowest BCUT2D eigenvalue weighted by Crippen LogP contribution is -2.05. The molecule has 0 aromatic heterocycles. The van der Waals surface area contributed by atoms with Crippen LogP contribution < -0.4 is 0 Å². The summed E-state index contributed by atoms with van der Waals surface area (Å²) in [6.07, 6.45) is 0. The number of carbonyl (C=O) groups is 1. The summed E-state index contributed by atoms with van der Waals surface area (Å²) in [4.78, 5) is 9.63. The average Bonchev–Trinajstić information content (AvgIpc) is 2.17. The highest BCUT2D eigenvalue weighted by Crippen LogP contribution is 1.99. The summed E-state index contributed by atoms with van der Waals surface area (Å²) in [5, 5.41) is 7.92. The Morgan fingerprint density at radius 3 is 2.21 bits per heavy atom. The topological polar surface area (TPSA) is 46.5 Å². The Morgan fingerprint density at radius 2 is 2.00 bits per heavy atom. The van der Waals surface area contributed by atoms with Gasteiger partial charge < -0.3 is 9.84 Å². The SMILES string of the molecule is CCOCC(=O)O.Ic1ccccc1. The largest absolute Gasteiger partial charge is 0.480 e. The molecule has 1 rings (SSSR count). The number of ether oxygens (including phenoxy) is 1. The molecule has 1 aromatic rings. The first-order valence-electron chi connectivity index (χ1n) is 4.17. The minimum absolute atomic E-state index is 0.184. The molecule has 0 aliphatic rings. The number of aliphatic carboxylic acids is 1. The van der Waals surface area contributed by atoms with Crippen LogP contribution in [0.15, 0.2) is 30.3 Å². The second kappa shape index (κ2) is 8.96. The third-order valence-corrected chi connectivity index (χ3v) is 1.88. The molecule has 0 aliphatic heterocycles. The van der Waals surface area contributed by atoms with E-state index in [0.717, 1.165) is 0 Å². The van der Waals surface area contributed by atoms with E-state index in [9.17, 15) is 4.79 Å². The van der Waals surface area contributed by atoms with Gasteiger partial charge in [0.15, 0.2) is 0 Å². The van der Waals surface area contributed by atoms with Crippen molar-refractivity contribution in [3.05, 3.63) is 33.9 Å². The molecule has 0 aliphatic carbocycles. The highest BCUT2D eigenvalue weighted by atomic mass is 127.